The van der Waals surface area contributed by atoms with Crippen molar-refractivity contribution >= 4 is 12.0 Å². The highest BCUT2D eigenvalue weighted by Gasteiger charge is 2.12. The van der Waals surface area contributed by atoms with E-state index in [-0.39, 0.29) is 13.2 Å². The highest BCUT2D eigenvalue weighted by Crippen LogP contribution is 1.98. The average Bonchev–Trinajstić information content (AvgIpc) is 1.98. The maximum Gasteiger partial charge on any atom is 0.0959 e. The average molecular weight is 167 g/mol. The summed E-state index contributed by atoms with van der Waals surface area (Å²) in [5, 5.41) is 17.5. The number of rotatable bonds is 5. The topological polar surface area (TPSA) is 75.7 Å². The second-order valence-electron chi connectivity index (χ2n) is 1.86. The Labute approximate surface area is 64.6 Å². The van der Waals surface area contributed by atoms with Crippen LogP contribution in [-0.4, -0.2) is 41.8 Å². The van der Waals surface area contributed by atoms with Crippen molar-refractivity contribution in [1.29, 1.82) is 0 Å². The molecule has 0 aliphatic rings. The molecule has 0 aliphatic carbocycles. The van der Waals surface area contributed by atoms with Crippen LogP contribution in [0, 0.1) is 0 Å². The zero-order valence-corrected chi connectivity index (χ0v) is 6.67. The van der Waals surface area contributed by atoms with Crippen LogP contribution in [0.1, 0.15) is 0 Å². The summed E-state index contributed by atoms with van der Waals surface area (Å²) in [4.78, 5) is 0. The summed E-state index contributed by atoms with van der Waals surface area (Å²) in [5.41, 5.74) is 5.27. The van der Waals surface area contributed by atoms with E-state index < -0.39 is 12.1 Å². The minimum Gasteiger partial charge on any atom is -0.395 e. The Morgan fingerprint density at radius 1 is 1.70 bits per heavy atom. The molecule has 0 saturated heterocycles. The fourth-order valence-electron chi connectivity index (χ4n) is 0.383. The van der Waals surface area contributed by atoms with Crippen molar-refractivity contribution in [2.24, 2.45) is 5.73 Å². The van der Waals surface area contributed by atoms with E-state index in [0.29, 0.717) is 0 Å². The molecule has 62 valence electrons. The third-order valence-electron chi connectivity index (χ3n) is 1.06. The summed E-state index contributed by atoms with van der Waals surface area (Å²) in [5.74, 6) is 0. The number of aliphatic hydroxyl groups is 2. The lowest BCUT2D eigenvalue weighted by Gasteiger charge is -2.14. The lowest BCUT2D eigenvalue weighted by Crippen LogP contribution is -2.40. The first-order valence-corrected chi connectivity index (χ1v) is 4.07. The first-order valence-electron chi connectivity index (χ1n) is 2.92. The molecule has 0 fully saturated rings. The van der Waals surface area contributed by atoms with Gasteiger partial charge in [0.1, 0.15) is 0 Å². The Kier molecular flexibility index (Phi) is 6.05. The van der Waals surface area contributed by atoms with E-state index in [1.54, 1.807) is 6.26 Å². The monoisotopic (exact) mass is 167 g/mol. The van der Waals surface area contributed by atoms with Gasteiger partial charge in [-0.15, -0.1) is 0 Å². The zero-order chi connectivity index (χ0) is 7.98. The fraction of sp³-hybridized carbons (Fsp3) is 1.00. The zero-order valence-electron chi connectivity index (χ0n) is 5.86. The molecule has 0 aliphatic heterocycles. The molecule has 0 radical (unpaired) electrons. The van der Waals surface area contributed by atoms with Crippen molar-refractivity contribution in [3.05, 3.63) is 0 Å². The maximum absolute atomic E-state index is 9.03. The van der Waals surface area contributed by atoms with E-state index >= 15 is 0 Å². The van der Waals surface area contributed by atoms with Gasteiger partial charge in [-0.1, -0.05) is 0 Å². The van der Waals surface area contributed by atoms with Gasteiger partial charge < -0.3 is 20.1 Å². The van der Waals surface area contributed by atoms with E-state index in [0.717, 1.165) is 12.0 Å². The van der Waals surface area contributed by atoms with Crippen LogP contribution < -0.4 is 5.73 Å². The Morgan fingerprint density at radius 3 is 2.70 bits per heavy atom. The molecule has 2 atom stereocenters. The van der Waals surface area contributed by atoms with E-state index in [1.807, 2.05) is 0 Å². The molecule has 2 unspecified atom stereocenters. The van der Waals surface area contributed by atoms with Crippen LogP contribution in [0.5, 0.6) is 0 Å². The van der Waals surface area contributed by atoms with Gasteiger partial charge in [0.05, 0.1) is 25.4 Å². The Bertz CT molecular complexity index is 83.3. The van der Waals surface area contributed by atoms with Gasteiger partial charge in [0, 0.05) is 6.26 Å². The molecule has 10 heavy (non-hydrogen) atoms. The van der Waals surface area contributed by atoms with Gasteiger partial charge >= 0.3 is 0 Å². The Hall–Kier alpha value is 0.190. The predicted octanol–water partition coefficient (Wildman–Crippen LogP) is -1.04. The summed E-state index contributed by atoms with van der Waals surface area (Å²) >= 11 is 1.16. The predicted molar refractivity (Wildman–Crippen MR) is 40.5 cm³/mol. The number of hydrogen-bond donors (Lipinski definition) is 3. The first kappa shape index (κ1) is 10.2. The quantitative estimate of drug-likeness (QED) is 0.456. The molecule has 4 N–H and O–H groups in total. The lowest BCUT2D eigenvalue weighted by atomic mass is 10.2. The highest BCUT2D eigenvalue weighted by molar-refractivity contribution is 7.93. The third kappa shape index (κ3) is 4.08. The van der Waals surface area contributed by atoms with E-state index in [1.165, 1.54) is 0 Å². The van der Waals surface area contributed by atoms with Gasteiger partial charge in [-0.3, -0.25) is 0 Å². The van der Waals surface area contributed by atoms with Crippen molar-refractivity contribution < 1.29 is 14.4 Å². The van der Waals surface area contributed by atoms with Gasteiger partial charge in [0.15, 0.2) is 0 Å². The van der Waals surface area contributed by atoms with E-state index in [4.69, 9.17) is 20.1 Å². The second-order valence-corrected chi connectivity index (χ2v) is 2.43. The minimum atomic E-state index is -0.780. The summed E-state index contributed by atoms with van der Waals surface area (Å²) in [6.07, 6.45) is 0.967. The summed E-state index contributed by atoms with van der Waals surface area (Å²) in [6, 6.07) is -0.604. The summed E-state index contributed by atoms with van der Waals surface area (Å²) in [6.45, 7) is -0.0677. The smallest absolute Gasteiger partial charge is 0.0959 e. The molecule has 4 nitrogen and oxygen atoms in total. The van der Waals surface area contributed by atoms with E-state index in [2.05, 4.69) is 0 Å². The molecule has 0 aromatic rings. The Morgan fingerprint density at radius 2 is 2.30 bits per heavy atom. The number of nitrogens with two attached hydrogens (primary N) is 1. The van der Waals surface area contributed by atoms with Crippen LogP contribution >= 0.6 is 12.0 Å². The van der Waals surface area contributed by atoms with Crippen molar-refractivity contribution in [1.82, 2.24) is 0 Å². The van der Waals surface area contributed by atoms with Crippen molar-refractivity contribution in [2.45, 2.75) is 12.1 Å². The number of hydrogen-bond acceptors (Lipinski definition) is 5. The van der Waals surface area contributed by atoms with Crippen molar-refractivity contribution in [2.75, 3.05) is 19.5 Å². The van der Waals surface area contributed by atoms with Crippen LogP contribution in [-0.2, 0) is 4.18 Å². The molecule has 0 rings (SSSR count). The summed E-state index contributed by atoms with van der Waals surface area (Å²) < 4.78 is 4.79. The van der Waals surface area contributed by atoms with Gasteiger partial charge in [0.25, 0.3) is 0 Å². The SMILES string of the molecule is CSOCC(O)C(N)CO. The molecule has 0 spiro atoms. The molecule has 0 aromatic carbocycles. The van der Waals surface area contributed by atoms with Gasteiger partial charge in [-0.05, 0) is 12.0 Å². The lowest BCUT2D eigenvalue weighted by molar-refractivity contribution is 0.0715. The molecular weight excluding hydrogens is 154 g/mol. The van der Waals surface area contributed by atoms with Gasteiger partial charge in [-0.25, -0.2) is 0 Å². The molecule has 0 heterocycles. The van der Waals surface area contributed by atoms with Gasteiger partial charge in [0.2, 0.25) is 0 Å². The highest BCUT2D eigenvalue weighted by atomic mass is 32.2. The third-order valence-corrected chi connectivity index (χ3v) is 1.43. The van der Waals surface area contributed by atoms with Crippen LogP contribution in [0.25, 0.3) is 0 Å². The van der Waals surface area contributed by atoms with Crippen LogP contribution in [0.15, 0.2) is 0 Å². The molecule has 0 aromatic heterocycles. The normalized spacial score (nSPS) is 16.8. The molecule has 0 saturated carbocycles. The largest absolute Gasteiger partial charge is 0.395 e. The van der Waals surface area contributed by atoms with E-state index in [9.17, 15) is 0 Å². The maximum atomic E-state index is 9.03. The van der Waals surface area contributed by atoms with Crippen LogP contribution in [0.4, 0.5) is 0 Å². The molecule has 0 bridgehead atoms. The molecule has 0 amide bonds. The molecular formula is C5H13NO3S. The Balaban J connectivity index is 3.31. The number of aliphatic hydroxyl groups excluding tert-OH is 2. The minimum absolute atomic E-state index is 0.156. The molecule has 5 heteroatoms. The second kappa shape index (κ2) is 5.94. The fourth-order valence-corrected chi connectivity index (χ4v) is 0.659. The van der Waals surface area contributed by atoms with Crippen molar-refractivity contribution in [3.63, 3.8) is 0 Å². The summed E-state index contributed by atoms with van der Waals surface area (Å²) in [7, 11) is 0. The van der Waals surface area contributed by atoms with Crippen LogP contribution in [0.2, 0.25) is 0 Å². The van der Waals surface area contributed by atoms with Crippen LogP contribution in [0.3, 0.4) is 0 Å². The van der Waals surface area contributed by atoms with Crippen molar-refractivity contribution in [3.8, 4) is 0 Å². The first-order chi connectivity index (χ1) is 4.72. The van der Waals surface area contributed by atoms with Gasteiger partial charge in [-0.2, -0.15) is 0 Å². The standard InChI is InChI=1S/C5H13NO3S/c1-10-9-3-5(8)4(6)2-7/h4-5,7-8H,2-3,6H2,1H3.